The van der Waals surface area contributed by atoms with Gasteiger partial charge in [0, 0.05) is 19.2 Å². The summed E-state index contributed by atoms with van der Waals surface area (Å²) in [4.78, 5) is 16.5. The van der Waals surface area contributed by atoms with Gasteiger partial charge in [-0.2, -0.15) is 0 Å². The topological polar surface area (TPSA) is 62.2 Å². The van der Waals surface area contributed by atoms with Crippen molar-refractivity contribution in [3.8, 4) is 11.8 Å². The standard InChI is InChI=1S/C17H22N2O2/c1-13(2)17(8-9-17)12-19-16(21)15-14(6-3-4-11-20)7-5-10-18-15/h5,7,10,13,20H,4,8-9,11-12H2,1-2H3,(H,19,21). The monoisotopic (exact) mass is 286 g/mol. The Labute approximate surface area is 126 Å². The molecule has 0 bridgehead atoms. The molecular formula is C17H22N2O2. The number of rotatable bonds is 5. The van der Waals surface area contributed by atoms with Crippen LogP contribution in [0.1, 0.15) is 49.2 Å². The van der Waals surface area contributed by atoms with Crippen LogP contribution in [-0.4, -0.2) is 29.1 Å². The van der Waals surface area contributed by atoms with Gasteiger partial charge in [-0.1, -0.05) is 25.7 Å². The normalized spacial score (nSPS) is 15.2. The highest BCUT2D eigenvalue weighted by Crippen LogP contribution is 2.51. The van der Waals surface area contributed by atoms with Crippen LogP contribution in [0, 0.1) is 23.2 Å². The maximum absolute atomic E-state index is 12.3. The molecule has 1 heterocycles. The van der Waals surface area contributed by atoms with Gasteiger partial charge in [0.15, 0.2) is 0 Å². The van der Waals surface area contributed by atoms with E-state index in [1.807, 2.05) is 0 Å². The molecule has 1 amide bonds. The fraction of sp³-hybridized carbons (Fsp3) is 0.529. The summed E-state index contributed by atoms with van der Waals surface area (Å²) in [6.45, 7) is 5.12. The molecule has 2 N–H and O–H groups in total. The molecule has 4 nitrogen and oxygen atoms in total. The first-order valence-electron chi connectivity index (χ1n) is 7.42. The minimum atomic E-state index is -0.171. The van der Waals surface area contributed by atoms with Gasteiger partial charge in [-0.05, 0) is 36.3 Å². The van der Waals surface area contributed by atoms with Crippen LogP contribution in [0.2, 0.25) is 0 Å². The van der Waals surface area contributed by atoms with E-state index >= 15 is 0 Å². The summed E-state index contributed by atoms with van der Waals surface area (Å²) < 4.78 is 0. The lowest BCUT2D eigenvalue weighted by molar-refractivity contribution is 0.0934. The quantitative estimate of drug-likeness (QED) is 0.814. The number of aliphatic hydroxyl groups is 1. The molecule has 0 atom stereocenters. The van der Waals surface area contributed by atoms with Crippen LogP contribution >= 0.6 is 0 Å². The van der Waals surface area contributed by atoms with Crippen molar-refractivity contribution in [1.29, 1.82) is 0 Å². The van der Waals surface area contributed by atoms with Crippen LogP contribution in [0.25, 0.3) is 0 Å². The van der Waals surface area contributed by atoms with Gasteiger partial charge in [0.2, 0.25) is 0 Å². The largest absolute Gasteiger partial charge is 0.395 e. The van der Waals surface area contributed by atoms with Crippen molar-refractivity contribution in [3.63, 3.8) is 0 Å². The Bertz CT molecular complexity index is 566. The van der Waals surface area contributed by atoms with Gasteiger partial charge in [-0.25, -0.2) is 4.98 Å². The number of hydrogen-bond acceptors (Lipinski definition) is 3. The summed E-state index contributed by atoms with van der Waals surface area (Å²) in [6.07, 6.45) is 4.35. The Kier molecular flexibility index (Phi) is 4.98. The molecule has 1 aromatic rings. The van der Waals surface area contributed by atoms with Gasteiger partial charge in [0.25, 0.3) is 5.91 Å². The fourth-order valence-electron chi connectivity index (χ4n) is 2.36. The van der Waals surface area contributed by atoms with Crippen molar-refractivity contribution < 1.29 is 9.90 Å². The average Bonchev–Trinajstić information content (AvgIpc) is 3.27. The molecule has 4 heteroatoms. The van der Waals surface area contributed by atoms with E-state index < -0.39 is 0 Å². The molecule has 112 valence electrons. The molecule has 21 heavy (non-hydrogen) atoms. The molecule has 0 radical (unpaired) electrons. The average molecular weight is 286 g/mol. The number of pyridine rings is 1. The third-order valence-corrected chi connectivity index (χ3v) is 4.20. The summed E-state index contributed by atoms with van der Waals surface area (Å²) >= 11 is 0. The van der Waals surface area contributed by atoms with Gasteiger partial charge in [0.1, 0.15) is 5.69 Å². The van der Waals surface area contributed by atoms with Crippen molar-refractivity contribution in [2.45, 2.75) is 33.1 Å². The molecule has 1 aliphatic carbocycles. The number of nitrogens with one attached hydrogen (secondary N) is 1. The maximum atomic E-state index is 12.3. The van der Waals surface area contributed by atoms with Crippen LogP contribution in [0.5, 0.6) is 0 Å². The number of amides is 1. The van der Waals surface area contributed by atoms with Crippen molar-refractivity contribution in [1.82, 2.24) is 10.3 Å². The number of carbonyl (C=O) groups excluding carboxylic acids is 1. The Hall–Kier alpha value is -1.86. The van der Waals surface area contributed by atoms with Gasteiger partial charge in [0.05, 0.1) is 12.2 Å². The number of hydrogen-bond donors (Lipinski definition) is 2. The second-order valence-electron chi connectivity index (χ2n) is 5.87. The smallest absolute Gasteiger partial charge is 0.271 e. The first kappa shape index (κ1) is 15.5. The minimum Gasteiger partial charge on any atom is -0.395 e. The van der Waals surface area contributed by atoms with E-state index in [-0.39, 0.29) is 17.9 Å². The third-order valence-electron chi connectivity index (χ3n) is 4.20. The van der Waals surface area contributed by atoms with Crippen LogP contribution in [0.3, 0.4) is 0 Å². The summed E-state index contributed by atoms with van der Waals surface area (Å²) in [6, 6.07) is 3.54. The molecule has 1 saturated carbocycles. The van der Waals surface area contributed by atoms with E-state index in [1.165, 1.54) is 12.8 Å². The van der Waals surface area contributed by atoms with Crippen molar-refractivity contribution in [2.24, 2.45) is 11.3 Å². The van der Waals surface area contributed by atoms with Gasteiger partial charge in [-0.15, -0.1) is 0 Å². The summed E-state index contributed by atoms with van der Waals surface area (Å²) in [5, 5.41) is 11.8. The number of carbonyl (C=O) groups is 1. The molecule has 0 aliphatic heterocycles. The van der Waals surface area contributed by atoms with Crippen LogP contribution in [-0.2, 0) is 0 Å². The van der Waals surface area contributed by atoms with E-state index in [0.29, 0.717) is 30.1 Å². The second kappa shape index (κ2) is 6.73. The first-order chi connectivity index (χ1) is 10.1. The van der Waals surface area contributed by atoms with Gasteiger partial charge < -0.3 is 10.4 Å². The first-order valence-corrected chi connectivity index (χ1v) is 7.42. The Morgan fingerprint density at radius 3 is 2.90 bits per heavy atom. The molecule has 0 unspecified atom stereocenters. The molecule has 1 aliphatic rings. The van der Waals surface area contributed by atoms with E-state index in [4.69, 9.17) is 5.11 Å². The van der Waals surface area contributed by atoms with E-state index in [0.717, 1.165) is 0 Å². The number of aromatic nitrogens is 1. The Morgan fingerprint density at radius 1 is 1.52 bits per heavy atom. The van der Waals surface area contributed by atoms with E-state index in [1.54, 1.807) is 18.3 Å². The van der Waals surface area contributed by atoms with Crippen LogP contribution in [0.15, 0.2) is 18.3 Å². The Balaban J connectivity index is 2.04. The molecule has 0 saturated heterocycles. The number of aliphatic hydroxyl groups excluding tert-OH is 1. The van der Waals surface area contributed by atoms with Crippen LogP contribution in [0.4, 0.5) is 0 Å². The summed E-state index contributed by atoms with van der Waals surface area (Å²) in [5.74, 6) is 6.13. The minimum absolute atomic E-state index is 0.0195. The van der Waals surface area contributed by atoms with Crippen molar-refractivity contribution in [3.05, 3.63) is 29.6 Å². The van der Waals surface area contributed by atoms with Crippen molar-refractivity contribution in [2.75, 3.05) is 13.2 Å². The molecular weight excluding hydrogens is 264 g/mol. The summed E-state index contributed by atoms with van der Waals surface area (Å²) in [5.41, 5.74) is 1.24. The number of nitrogens with zero attached hydrogens (tertiary/aromatic N) is 1. The zero-order valence-electron chi connectivity index (χ0n) is 12.6. The van der Waals surface area contributed by atoms with Gasteiger partial charge >= 0.3 is 0 Å². The second-order valence-corrected chi connectivity index (χ2v) is 5.87. The van der Waals surface area contributed by atoms with E-state index in [2.05, 4.69) is 36.0 Å². The van der Waals surface area contributed by atoms with Crippen LogP contribution < -0.4 is 5.32 Å². The molecule has 0 aromatic carbocycles. The fourth-order valence-corrected chi connectivity index (χ4v) is 2.36. The summed E-state index contributed by atoms with van der Waals surface area (Å²) in [7, 11) is 0. The molecule has 0 spiro atoms. The molecule has 2 rings (SSSR count). The SMILES string of the molecule is CC(C)C1(CNC(=O)c2ncccc2C#CCCO)CC1. The highest BCUT2D eigenvalue weighted by molar-refractivity contribution is 5.94. The maximum Gasteiger partial charge on any atom is 0.271 e. The Morgan fingerprint density at radius 2 is 2.29 bits per heavy atom. The highest BCUT2D eigenvalue weighted by Gasteiger charge is 2.45. The molecule has 1 fully saturated rings. The zero-order valence-corrected chi connectivity index (χ0v) is 12.6. The predicted molar refractivity (Wildman–Crippen MR) is 81.7 cm³/mol. The predicted octanol–water partition coefficient (Wildman–Crippen LogP) is 1.98. The molecule has 1 aromatic heterocycles. The lowest BCUT2D eigenvalue weighted by Gasteiger charge is -2.19. The third kappa shape index (κ3) is 3.83. The van der Waals surface area contributed by atoms with Crippen molar-refractivity contribution >= 4 is 5.91 Å². The van der Waals surface area contributed by atoms with E-state index in [9.17, 15) is 4.79 Å². The highest BCUT2D eigenvalue weighted by atomic mass is 16.2. The lowest BCUT2D eigenvalue weighted by Crippen LogP contribution is -2.33. The van der Waals surface area contributed by atoms with Gasteiger partial charge in [-0.3, -0.25) is 4.79 Å². The zero-order chi connectivity index (χ0) is 15.3. The lowest BCUT2D eigenvalue weighted by atomic mass is 9.92.